The molecule has 0 radical (unpaired) electrons. The van der Waals surface area contributed by atoms with Crippen molar-refractivity contribution in [2.75, 3.05) is 7.11 Å². The first-order chi connectivity index (χ1) is 17.0. The number of rotatable bonds is 6. The number of aryl methyl sites for hydroxylation is 1. The van der Waals surface area contributed by atoms with Crippen molar-refractivity contribution in [1.29, 1.82) is 0 Å². The van der Waals surface area contributed by atoms with Crippen molar-refractivity contribution in [3.8, 4) is 0 Å². The molecule has 0 spiro atoms. The number of hydrogen-bond acceptors (Lipinski definition) is 6. The Bertz CT molecular complexity index is 1100. The topological polar surface area (TPSA) is 77.4 Å². The van der Waals surface area contributed by atoms with Crippen LogP contribution in [-0.2, 0) is 31.0 Å². The minimum atomic E-state index is -1.31. The van der Waals surface area contributed by atoms with Crippen LogP contribution in [0.2, 0.25) is 0 Å². The van der Waals surface area contributed by atoms with E-state index < -0.39 is 42.6 Å². The third-order valence-electron chi connectivity index (χ3n) is 6.87. The summed E-state index contributed by atoms with van der Waals surface area (Å²) in [6, 6.07) is 25.5. The Balaban J connectivity index is 1.62. The lowest BCUT2D eigenvalue weighted by Crippen LogP contribution is -2.68. The van der Waals surface area contributed by atoms with Gasteiger partial charge in [0.1, 0.15) is 35.8 Å². The molecule has 35 heavy (non-hydrogen) atoms. The average Bonchev–Trinajstić information content (AvgIpc) is 2.91. The molecule has 2 aliphatic rings. The highest BCUT2D eigenvalue weighted by molar-refractivity contribution is 5.29. The van der Waals surface area contributed by atoms with Gasteiger partial charge in [-0.05, 0) is 36.1 Å². The molecule has 0 aliphatic carbocycles. The largest absolute Gasteiger partial charge is 0.387 e. The fourth-order valence-corrected chi connectivity index (χ4v) is 5.03. The fraction of sp³-hybridized carbons (Fsp3) is 0.357. The second kappa shape index (κ2) is 10.1. The van der Waals surface area contributed by atoms with E-state index in [1.807, 2.05) is 60.7 Å². The summed E-state index contributed by atoms with van der Waals surface area (Å²) in [5.74, 6) is -0.370. The van der Waals surface area contributed by atoms with Crippen molar-refractivity contribution in [3.05, 3.63) is 107 Å². The quantitative estimate of drug-likeness (QED) is 0.558. The van der Waals surface area contributed by atoms with E-state index in [0.29, 0.717) is 18.4 Å². The van der Waals surface area contributed by atoms with Gasteiger partial charge in [0.2, 0.25) is 0 Å². The van der Waals surface area contributed by atoms with Crippen molar-refractivity contribution in [1.82, 2.24) is 0 Å². The van der Waals surface area contributed by atoms with Gasteiger partial charge in [0.25, 0.3) is 0 Å². The molecule has 2 saturated heterocycles. The number of benzene rings is 3. The number of fused-ring (bicyclic) bond motifs is 1. The van der Waals surface area contributed by atoms with Crippen molar-refractivity contribution in [3.63, 3.8) is 0 Å². The zero-order chi connectivity index (χ0) is 24.4. The van der Waals surface area contributed by atoms with E-state index in [1.54, 1.807) is 12.1 Å². The average molecular weight is 481 g/mol. The number of methoxy groups -OCH3 is 1. The van der Waals surface area contributed by atoms with Gasteiger partial charge in [-0.15, -0.1) is 0 Å². The number of ether oxygens (including phenoxy) is 4. The molecular formula is C28H29FO6. The first kappa shape index (κ1) is 24.1. The normalized spacial score (nSPS) is 32.7. The minimum Gasteiger partial charge on any atom is -0.387 e. The molecule has 0 aromatic heterocycles. The lowest BCUT2D eigenvalue weighted by Gasteiger charge is -2.55. The molecule has 5 rings (SSSR count). The molecule has 184 valence electrons. The zero-order valence-electron chi connectivity index (χ0n) is 19.4. The first-order valence-electron chi connectivity index (χ1n) is 11.7. The second-order valence-corrected chi connectivity index (χ2v) is 8.99. The Hall–Kier alpha value is -2.65. The van der Waals surface area contributed by atoms with Crippen LogP contribution in [0.4, 0.5) is 4.39 Å². The Morgan fingerprint density at radius 3 is 2.17 bits per heavy atom. The summed E-state index contributed by atoms with van der Waals surface area (Å²) in [7, 11) is 1.40. The Kier molecular flexibility index (Phi) is 6.98. The van der Waals surface area contributed by atoms with E-state index in [0.717, 1.165) is 11.1 Å². The maximum Gasteiger partial charge on any atom is 0.186 e. The molecule has 7 atom stereocenters. The molecule has 3 aromatic rings. The highest BCUT2D eigenvalue weighted by Crippen LogP contribution is 2.50. The van der Waals surface area contributed by atoms with Crippen LogP contribution >= 0.6 is 0 Å². The fourth-order valence-electron chi connectivity index (χ4n) is 5.03. The van der Waals surface area contributed by atoms with Crippen molar-refractivity contribution >= 4 is 0 Å². The summed E-state index contributed by atoms with van der Waals surface area (Å²) >= 11 is 0. The van der Waals surface area contributed by atoms with Gasteiger partial charge in [0, 0.05) is 12.7 Å². The lowest BCUT2D eigenvalue weighted by molar-refractivity contribution is -0.407. The molecule has 6 nitrogen and oxygen atoms in total. The standard InChI is InChI=1S/C28H29FO6/c1-32-27-23(31)22(30)24-25(34-27)28(20-12-14-21(29)15-13-20,17-16-18-8-4-2-5-9-18)35-26(33-24)19-10-6-3-7-11-19/h2-15,22-27,30-31H,16-17H2,1H3/t22-,23-,24+,25+,26?,27+,28+/m1/s1. The van der Waals surface area contributed by atoms with Gasteiger partial charge >= 0.3 is 0 Å². The van der Waals surface area contributed by atoms with E-state index in [9.17, 15) is 14.6 Å². The van der Waals surface area contributed by atoms with E-state index in [2.05, 4.69) is 0 Å². The summed E-state index contributed by atoms with van der Waals surface area (Å²) in [4.78, 5) is 0. The summed E-state index contributed by atoms with van der Waals surface area (Å²) in [6.45, 7) is 0. The zero-order valence-corrected chi connectivity index (χ0v) is 19.4. The summed E-state index contributed by atoms with van der Waals surface area (Å²) in [5, 5.41) is 21.7. The Morgan fingerprint density at radius 1 is 0.857 bits per heavy atom. The molecule has 1 unspecified atom stereocenters. The number of aliphatic hydroxyl groups excluding tert-OH is 2. The van der Waals surface area contributed by atoms with Gasteiger partial charge in [-0.2, -0.15) is 0 Å². The maximum atomic E-state index is 13.9. The predicted octanol–water partition coefficient (Wildman–Crippen LogP) is 3.86. The third kappa shape index (κ3) is 4.63. The third-order valence-corrected chi connectivity index (χ3v) is 6.87. The van der Waals surface area contributed by atoms with Crippen molar-refractivity contribution in [2.45, 2.75) is 55.4 Å². The van der Waals surface area contributed by atoms with E-state index in [1.165, 1.54) is 19.2 Å². The number of aliphatic hydroxyl groups is 2. The molecular weight excluding hydrogens is 451 g/mol. The van der Waals surface area contributed by atoms with Crippen LogP contribution in [-0.4, -0.2) is 48.0 Å². The summed E-state index contributed by atoms with van der Waals surface area (Å²) < 4.78 is 38.5. The highest BCUT2D eigenvalue weighted by Gasteiger charge is 2.60. The van der Waals surface area contributed by atoms with Crippen molar-refractivity contribution < 1.29 is 33.6 Å². The van der Waals surface area contributed by atoms with Gasteiger partial charge in [-0.25, -0.2) is 4.39 Å². The molecule has 2 aliphatic heterocycles. The van der Waals surface area contributed by atoms with Gasteiger partial charge in [-0.3, -0.25) is 0 Å². The molecule has 7 heteroatoms. The summed E-state index contributed by atoms with van der Waals surface area (Å²) in [5.41, 5.74) is 1.40. The molecule has 2 N–H and O–H groups in total. The number of hydrogen-bond donors (Lipinski definition) is 2. The minimum absolute atomic E-state index is 0.370. The highest BCUT2D eigenvalue weighted by atomic mass is 19.1. The van der Waals surface area contributed by atoms with Gasteiger partial charge in [0.15, 0.2) is 12.6 Å². The molecule has 0 bridgehead atoms. The van der Waals surface area contributed by atoms with Crippen LogP contribution < -0.4 is 0 Å². The van der Waals surface area contributed by atoms with Crippen molar-refractivity contribution in [2.24, 2.45) is 0 Å². The maximum absolute atomic E-state index is 13.9. The van der Waals surface area contributed by atoms with E-state index in [4.69, 9.17) is 18.9 Å². The van der Waals surface area contributed by atoms with Crippen LogP contribution in [0.25, 0.3) is 0 Å². The van der Waals surface area contributed by atoms with E-state index >= 15 is 0 Å². The van der Waals surface area contributed by atoms with E-state index in [-0.39, 0.29) is 5.82 Å². The van der Waals surface area contributed by atoms with Crippen LogP contribution in [0, 0.1) is 5.82 Å². The van der Waals surface area contributed by atoms with Gasteiger partial charge < -0.3 is 29.2 Å². The SMILES string of the molecule is CO[C@H]1O[C@H]2[C@@H](OC(c3ccccc3)O[C@@]2(CCc2ccccc2)c2ccc(F)cc2)[C@H](O)[C@H]1O. The monoisotopic (exact) mass is 480 g/mol. The molecule has 3 aromatic carbocycles. The molecule has 2 fully saturated rings. The van der Waals surface area contributed by atoms with Crippen LogP contribution in [0.15, 0.2) is 84.9 Å². The smallest absolute Gasteiger partial charge is 0.186 e. The van der Waals surface area contributed by atoms with Crippen LogP contribution in [0.3, 0.4) is 0 Å². The predicted molar refractivity (Wildman–Crippen MR) is 126 cm³/mol. The molecule has 0 saturated carbocycles. The second-order valence-electron chi connectivity index (χ2n) is 8.99. The Labute approximate surface area is 203 Å². The Morgan fingerprint density at radius 2 is 1.51 bits per heavy atom. The van der Waals surface area contributed by atoms with Gasteiger partial charge in [0.05, 0.1) is 0 Å². The molecule has 0 amide bonds. The summed E-state index contributed by atoms with van der Waals surface area (Å²) in [6.07, 6.45) is -5.19. The number of halogens is 1. The first-order valence-corrected chi connectivity index (χ1v) is 11.7. The lowest BCUT2D eigenvalue weighted by atomic mass is 9.76. The van der Waals surface area contributed by atoms with Crippen LogP contribution in [0.5, 0.6) is 0 Å². The van der Waals surface area contributed by atoms with Gasteiger partial charge in [-0.1, -0.05) is 72.8 Å². The van der Waals surface area contributed by atoms with Crippen LogP contribution in [0.1, 0.15) is 29.4 Å². The molecule has 2 heterocycles.